The molecule has 0 aliphatic rings. The molecule has 0 fully saturated rings. The molecule has 0 saturated heterocycles. The standard InChI is InChI=1S/C12H24N4O/c1-5-12(6-2,8-17)7-13-10(3)11-15-14-9-16(11)4/h9-10,13,17H,5-8H2,1-4H3. The number of nitrogens with one attached hydrogen (secondary N) is 1. The van der Waals surface area contributed by atoms with Gasteiger partial charge in [-0.2, -0.15) is 0 Å². The summed E-state index contributed by atoms with van der Waals surface area (Å²) in [6.45, 7) is 7.32. The Kier molecular flexibility index (Phi) is 5.08. The monoisotopic (exact) mass is 240 g/mol. The van der Waals surface area contributed by atoms with Crippen molar-refractivity contribution in [1.82, 2.24) is 20.1 Å². The Morgan fingerprint density at radius 1 is 1.47 bits per heavy atom. The zero-order chi connectivity index (χ0) is 12.9. The fraction of sp³-hybridized carbons (Fsp3) is 0.833. The maximum absolute atomic E-state index is 9.50. The van der Waals surface area contributed by atoms with E-state index in [1.165, 1.54) is 0 Å². The average Bonchev–Trinajstić information content (AvgIpc) is 2.78. The van der Waals surface area contributed by atoms with Crippen LogP contribution in [0.3, 0.4) is 0 Å². The van der Waals surface area contributed by atoms with Crippen LogP contribution in [0.5, 0.6) is 0 Å². The van der Waals surface area contributed by atoms with Gasteiger partial charge in [-0.15, -0.1) is 10.2 Å². The predicted octanol–water partition coefficient (Wildman–Crippen LogP) is 1.26. The van der Waals surface area contributed by atoms with Crippen LogP contribution in [-0.4, -0.2) is 33.0 Å². The SMILES string of the molecule is CCC(CC)(CO)CNC(C)c1nncn1C. The van der Waals surface area contributed by atoms with E-state index in [1.54, 1.807) is 6.33 Å². The van der Waals surface area contributed by atoms with E-state index < -0.39 is 0 Å². The molecular weight excluding hydrogens is 216 g/mol. The Balaban J connectivity index is 2.58. The Hall–Kier alpha value is -0.940. The molecule has 5 nitrogen and oxygen atoms in total. The van der Waals surface area contributed by atoms with E-state index in [9.17, 15) is 5.11 Å². The normalized spacial score (nSPS) is 13.9. The summed E-state index contributed by atoms with van der Waals surface area (Å²) in [6, 6.07) is 0.145. The second kappa shape index (κ2) is 6.12. The minimum atomic E-state index is -0.0210. The molecule has 0 saturated carbocycles. The summed E-state index contributed by atoms with van der Waals surface area (Å²) in [6.07, 6.45) is 3.64. The summed E-state index contributed by atoms with van der Waals surface area (Å²) in [7, 11) is 1.94. The van der Waals surface area contributed by atoms with Crippen molar-refractivity contribution in [3.8, 4) is 0 Å². The van der Waals surface area contributed by atoms with Crippen LogP contribution in [0.1, 0.15) is 45.5 Å². The molecule has 1 rings (SSSR count). The first-order chi connectivity index (χ1) is 8.08. The first kappa shape index (κ1) is 14.1. The van der Waals surface area contributed by atoms with Crippen LogP contribution in [0.25, 0.3) is 0 Å². The molecule has 98 valence electrons. The third kappa shape index (κ3) is 3.26. The van der Waals surface area contributed by atoms with Gasteiger partial charge in [-0.25, -0.2) is 0 Å². The molecular formula is C12H24N4O. The molecule has 2 N–H and O–H groups in total. The van der Waals surface area contributed by atoms with Gasteiger partial charge in [0.25, 0.3) is 0 Å². The molecule has 1 unspecified atom stereocenters. The van der Waals surface area contributed by atoms with E-state index in [1.807, 2.05) is 11.6 Å². The number of aryl methyl sites for hydroxylation is 1. The van der Waals surface area contributed by atoms with E-state index in [-0.39, 0.29) is 18.1 Å². The lowest BCUT2D eigenvalue weighted by Gasteiger charge is -2.31. The molecule has 0 amide bonds. The predicted molar refractivity (Wildman–Crippen MR) is 67.5 cm³/mol. The van der Waals surface area contributed by atoms with Gasteiger partial charge in [-0.3, -0.25) is 0 Å². The van der Waals surface area contributed by atoms with E-state index >= 15 is 0 Å². The van der Waals surface area contributed by atoms with Gasteiger partial charge in [0.1, 0.15) is 12.2 Å². The van der Waals surface area contributed by atoms with Crippen LogP contribution in [0, 0.1) is 5.41 Å². The van der Waals surface area contributed by atoms with Gasteiger partial charge in [0.2, 0.25) is 0 Å². The summed E-state index contributed by atoms with van der Waals surface area (Å²) in [4.78, 5) is 0. The van der Waals surface area contributed by atoms with Crippen molar-refractivity contribution in [2.24, 2.45) is 12.5 Å². The van der Waals surface area contributed by atoms with E-state index in [0.717, 1.165) is 25.2 Å². The van der Waals surface area contributed by atoms with E-state index in [2.05, 4.69) is 36.3 Å². The highest BCUT2D eigenvalue weighted by Crippen LogP contribution is 2.25. The smallest absolute Gasteiger partial charge is 0.149 e. The quantitative estimate of drug-likeness (QED) is 0.753. The van der Waals surface area contributed by atoms with Crippen molar-refractivity contribution in [3.63, 3.8) is 0 Å². The number of aliphatic hydroxyl groups excluding tert-OH is 1. The van der Waals surface area contributed by atoms with E-state index in [0.29, 0.717) is 0 Å². The van der Waals surface area contributed by atoms with Gasteiger partial charge in [0.15, 0.2) is 0 Å². The Morgan fingerprint density at radius 3 is 2.53 bits per heavy atom. The zero-order valence-corrected chi connectivity index (χ0v) is 11.3. The first-order valence-electron chi connectivity index (χ1n) is 6.26. The fourth-order valence-corrected chi connectivity index (χ4v) is 1.92. The Morgan fingerprint density at radius 2 is 2.12 bits per heavy atom. The second-order valence-corrected chi connectivity index (χ2v) is 4.77. The van der Waals surface area contributed by atoms with Crippen molar-refractivity contribution in [3.05, 3.63) is 12.2 Å². The number of aliphatic hydroxyl groups is 1. The van der Waals surface area contributed by atoms with Crippen molar-refractivity contribution >= 4 is 0 Å². The largest absolute Gasteiger partial charge is 0.396 e. The lowest BCUT2D eigenvalue weighted by molar-refractivity contribution is 0.110. The second-order valence-electron chi connectivity index (χ2n) is 4.77. The Bertz CT molecular complexity index is 325. The third-order valence-corrected chi connectivity index (χ3v) is 3.75. The van der Waals surface area contributed by atoms with Crippen molar-refractivity contribution in [2.75, 3.05) is 13.2 Å². The number of hydrogen-bond acceptors (Lipinski definition) is 4. The van der Waals surface area contributed by atoms with Gasteiger partial charge in [0.05, 0.1) is 6.04 Å². The van der Waals surface area contributed by atoms with Crippen LogP contribution in [-0.2, 0) is 7.05 Å². The van der Waals surface area contributed by atoms with Crippen LogP contribution in [0.15, 0.2) is 6.33 Å². The molecule has 0 aromatic carbocycles. The summed E-state index contributed by atoms with van der Waals surface area (Å²) in [5.74, 6) is 0.920. The highest BCUT2D eigenvalue weighted by atomic mass is 16.3. The van der Waals surface area contributed by atoms with Crippen LogP contribution < -0.4 is 5.32 Å². The van der Waals surface area contributed by atoms with Crippen molar-refractivity contribution in [2.45, 2.75) is 39.7 Å². The molecule has 1 atom stereocenters. The Labute approximate surface area is 103 Å². The van der Waals surface area contributed by atoms with Crippen LogP contribution in [0.2, 0.25) is 0 Å². The van der Waals surface area contributed by atoms with Gasteiger partial charge >= 0.3 is 0 Å². The first-order valence-corrected chi connectivity index (χ1v) is 6.26. The maximum Gasteiger partial charge on any atom is 0.149 e. The molecule has 17 heavy (non-hydrogen) atoms. The molecule has 0 spiro atoms. The molecule has 1 aromatic rings. The molecule has 1 heterocycles. The van der Waals surface area contributed by atoms with Gasteiger partial charge in [0, 0.05) is 25.6 Å². The van der Waals surface area contributed by atoms with Crippen molar-refractivity contribution < 1.29 is 5.11 Å². The summed E-state index contributed by atoms with van der Waals surface area (Å²) in [5, 5.41) is 20.9. The van der Waals surface area contributed by atoms with Crippen LogP contribution in [0.4, 0.5) is 0 Å². The van der Waals surface area contributed by atoms with Crippen molar-refractivity contribution in [1.29, 1.82) is 0 Å². The lowest BCUT2D eigenvalue weighted by atomic mass is 9.83. The van der Waals surface area contributed by atoms with Gasteiger partial charge in [-0.1, -0.05) is 13.8 Å². The molecule has 0 aliphatic heterocycles. The topological polar surface area (TPSA) is 63.0 Å². The molecule has 0 aliphatic carbocycles. The minimum Gasteiger partial charge on any atom is -0.396 e. The molecule has 0 bridgehead atoms. The highest BCUT2D eigenvalue weighted by Gasteiger charge is 2.26. The zero-order valence-electron chi connectivity index (χ0n) is 11.3. The summed E-state index contributed by atoms with van der Waals surface area (Å²) >= 11 is 0. The lowest BCUT2D eigenvalue weighted by Crippen LogP contribution is -2.38. The summed E-state index contributed by atoms with van der Waals surface area (Å²) in [5.41, 5.74) is -0.0210. The number of hydrogen-bond donors (Lipinski definition) is 2. The van der Waals surface area contributed by atoms with Gasteiger partial charge in [-0.05, 0) is 19.8 Å². The number of rotatable bonds is 7. The number of aromatic nitrogens is 3. The molecule has 1 aromatic heterocycles. The minimum absolute atomic E-state index is 0.0210. The van der Waals surface area contributed by atoms with E-state index in [4.69, 9.17) is 0 Å². The third-order valence-electron chi connectivity index (χ3n) is 3.75. The fourth-order valence-electron chi connectivity index (χ4n) is 1.92. The molecule has 0 radical (unpaired) electrons. The number of nitrogens with zero attached hydrogens (tertiary/aromatic N) is 3. The maximum atomic E-state index is 9.50. The highest BCUT2D eigenvalue weighted by molar-refractivity contribution is 4.93. The molecule has 5 heteroatoms. The van der Waals surface area contributed by atoms with Gasteiger partial charge < -0.3 is 15.0 Å². The summed E-state index contributed by atoms with van der Waals surface area (Å²) < 4.78 is 1.91. The average molecular weight is 240 g/mol. The van der Waals surface area contributed by atoms with Crippen LogP contribution >= 0.6 is 0 Å².